The Morgan fingerprint density at radius 2 is 2.31 bits per heavy atom. The van der Waals surface area contributed by atoms with E-state index in [-0.39, 0.29) is 11.9 Å². The van der Waals surface area contributed by atoms with Gasteiger partial charge in [-0.1, -0.05) is 0 Å². The predicted molar refractivity (Wildman–Crippen MR) is 66.2 cm³/mol. The Balaban J connectivity index is 2.37. The Hall–Kier alpha value is -0.610. The summed E-state index contributed by atoms with van der Waals surface area (Å²) in [5.74, 6) is 0.234. The maximum Gasteiger partial charge on any atom is 0.222 e. The second-order valence-corrected chi connectivity index (χ2v) is 5.08. The summed E-state index contributed by atoms with van der Waals surface area (Å²) in [6, 6.07) is 0.505. The number of hydrogen-bond donors (Lipinski definition) is 1. The average Bonchev–Trinajstić information content (AvgIpc) is 2.24. The summed E-state index contributed by atoms with van der Waals surface area (Å²) in [5, 5.41) is 0. The molecular weight excluding hydrogens is 202 g/mol. The number of piperidine rings is 1. The maximum absolute atomic E-state index is 11.9. The smallest absolute Gasteiger partial charge is 0.222 e. The van der Waals surface area contributed by atoms with Crippen LogP contribution in [0.4, 0.5) is 0 Å². The lowest BCUT2D eigenvalue weighted by Crippen LogP contribution is -2.47. The lowest BCUT2D eigenvalue weighted by atomic mass is 10.0. The molecule has 2 unspecified atom stereocenters. The number of carbonyl (C=O) groups excluding carboxylic acids is 1. The lowest BCUT2D eigenvalue weighted by Gasteiger charge is -2.36. The van der Waals surface area contributed by atoms with Crippen molar-refractivity contribution >= 4 is 5.91 Å². The SMILES string of the molecule is CC(N)CCC(=O)N(C)C1CCCN(C)C1. The molecule has 0 bridgehead atoms. The topological polar surface area (TPSA) is 49.6 Å². The standard InChI is InChI=1S/C12H25N3O/c1-10(13)6-7-12(16)15(3)11-5-4-8-14(2)9-11/h10-11H,4-9,13H2,1-3H3. The van der Waals surface area contributed by atoms with Crippen LogP contribution in [0.3, 0.4) is 0 Å². The fraction of sp³-hybridized carbons (Fsp3) is 0.917. The van der Waals surface area contributed by atoms with E-state index >= 15 is 0 Å². The Kier molecular flexibility index (Phi) is 5.22. The Morgan fingerprint density at radius 3 is 2.88 bits per heavy atom. The van der Waals surface area contributed by atoms with Crippen molar-refractivity contribution in [3.05, 3.63) is 0 Å². The second kappa shape index (κ2) is 6.21. The van der Waals surface area contributed by atoms with Gasteiger partial charge in [-0.3, -0.25) is 4.79 Å². The summed E-state index contributed by atoms with van der Waals surface area (Å²) >= 11 is 0. The number of likely N-dealkylation sites (tertiary alicyclic amines) is 1. The van der Waals surface area contributed by atoms with Crippen LogP contribution in [0.2, 0.25) is 0 Å². The highest BCUT2D eigenvalue weighted by atomic mass is 16.2. The van der Waals surface area contributed by atoms with E-state index in [4.69, 9.17) is 5.73 Å². The van der Waals surface area contributed by atoms with Gasteiger partial charge in [0.1, 0.15) is 0 Å². The van der Waals surface area contributed by atoms with Crippen molar-refractivity contribution in [2.45, 2.75) is 44.7 Å². The van der Waals surface area contributed by atoms with Crippen molar-refractivity contribution in [1.82, 2.24) is 9.80 Å². The number of likely N-dealkylation sites (N-methyl/N-ethyl adjacent to an activating group) is 2. The molecule has 0 aliphatic carbocycles. The summed E-state index contributed by atoms with van der Waals surface area (Å²) in [6.07, 6.45) is 3.68. The number of nitrogens with two attached hydrogens (primary N) is 1. The molecule has 0 saturated carbocycles. The van der Waals surface area contributed by atoms with Crippen molar-refractivity contribution in [1.29, 1.82) is 0 Å². The van der Waals surface area contributed by atoms with E-state index in [0.29, 0.717) is 12.5 Å². The second-order valence-electron chi connectivity index (χ2n) is 5.08. The highest BCUT2D eigenvalue weighted by Crippen LogP contribution is 2.14. The molecule has 2 atom stereocenters. The first kappa shape index (κ1) is 13.5. The van der Waals surface area contributed by atoms with Crippen molar-refractivity contribution in [3.8, 4) is 0 Å². The van der Waals surface area contributed by atoms with Crippen LogP contribution >= 0.6 is 0 Å². The number of carbonyl (C=O) groups is 1. The number of hydrogen-bond acceptors (Lipinski definition) is 3. The van der Waals surface area contributed by atoms with Gasteiger partial charge in [0.05, 0.1) is 0 Å². The van der Waals surface area contributed by atoms with Gasteiger partial charge >= 0.3 is 0 Å². The van der Waals surface area contributed by atoms with Gasteiger partial charge in [-0.25, -0.2) is 0 Å². The van der Waals surface area contributed by atoms with Gasteiger partial charge in [-0.2, -0.15) is 0 Å². The van der Waals surface area contributed by atoms with Gasteiger partial charge in [0.15, 0.2) is 0 Å². The third-order valence-electron chi connectivity index (χ3n) is 3.35. The molecule has 2 N–H and O–H groups in total. The first-order valence-corrected chi connectivity index (χ1v) is 6.20. The molecule has 1 aliphatic rings. The van der Waals surface area contributed by atoms with E-state index in [0.717, 1.165) is 25.9 Å². The molecule has 0 radical (unpaired) electrons. The molecule has 1 aliphatic heterocycles. The minimum atomic E-state index is 0.117. The van der Waals surface area contributed by atoms with Gasteiger partial charge in [0.25, 0.3) is 0 Å². The fourth-order valence-electron chi connectivity index (χ4n) is 2.19. The number of rotatable bonds is 4. The molecule has 1 amide bonds. The van der Waals surface area contributed by atoms with Crippen molar-refractivity contribution in [3.63, 3.8) is 0 Å². The van der Waals surface area contributed by atoms with Gasteiger partial charge in [0.2, 0.25) is 5.91 Å². The van der Waals surface area contributed by atoms with Crippen LogP contribution in [-0.4, -0.2) is 55.0 Å². The largest absolute Gasteiger partial charge is 0.341 e. The molecule has 1 rings (SSSR count). The van der Waals surface area contributed by atoms with Crippen LogP contribution in [-0.2, 0) is 4.79 Å². The van der Waals surface area contributed by atoms with E-state index in [9.17, 15) is 4.79 Å². The van der Waals surface area contributed by atoms with Crippen LogP contribution in [0.25, 0.3) is 0 Å². The molecule has 16 heavy (non-hydrogen) atoms. The highest BCUT2D eigenvalue weighted by molar-refractivity contribution is 5.76. The van der Waals surface area contributed by atoms with Gasteiger partial charge < -0.3 is 15.5 Å². The zero-order valence-corrected chi connectivity index (χ0v) is 10.8. The van der Waals surface area contributed by atoms with E-state index in [1.54, 1.807) is 0 Å². The molecule has 1 fully saturated rings. The molecule has 4 nitrogen and oxygen atoms in total. The molecule has 94 valence electrons. The van der Waals surface area contributed by atoms with Crippen LogP contribution < -0.4 is 5.73 Å². The average molecular weight is 227 g/mol. The van der Waals surface area contributed by atoms with Gasteiger partial charge in [0, 0.05) is 32.1 Å². The van der Waals surface area contributed by atoms with Crippen molar-refractivity contribution in [2.75, 3.05) is 27.2 Å². The highest BCUT2D eigenvalue weighted by Gasteiger charge is 2.24. The summed E-state index contributed by atoms with van der Waals surface area (Å²) in [4.78, 5) is 16.1. The van der Waals surface area contributed by atoms with E-state index in [1.807, 2.05) is 18.9 Å². The van der Waals surface area contributed by atoms with E-state index in [2.05, 4.69) is 11.9 Å². The monoisotopic (exact) mass is 227 g/mol. The first-order chi connectivity index (χ1) is 7.50. The molecule has 1 saturated heterocycles. The summed E-state index contributed by atoms with van der Waals surface area (Å²) < 4.78 is 0. The predicted octanol–water partition coefficient (Wildman–Crippen LogP) is 0.666. The summed E-state index contributed by atoms with van der Waals surface area (Å²) in [6.45, 7) is 4.10. The zero-order chi connectivity index (χ0) is 12.1. The fourth-order valence-corrected chi connectivity index (χ4v) is 2.19. The van der Waals surface area contributed by atoms with Crippen LogP contribution in [0.1, 0.15) is 32.6 Å². The molecule has 1 heterocycles. The van der Waals surface area contributed by atoms with Crippen LogP contribution in [0.15, 0.2) is 0 Å². The molecule has 4 heteroatoms. The number of nitrogens with zero attached hydrogens (tertiary/aromatic N) is 2. The van der Waals surface area contributed by atoms with Gasteiger partial charge in [-0.15, -0.1) is 0 Å². The first-order valence-electron chi connectivity index (χ1n) is 6.20. The summed E-state index contributed by atoms with van der Waals surface area (Å²) in [5.41, 5.74) is 5.66. The molecular formula is C12H25N3O. The Labute approximate surface area is 98.8 Å². The van der Waals surface area contributed by atoms with Crippen molar-refractivity contribution in [2.24, 2.45) is 5.73 Å². The van der Waals surface area contributed by atoms with Gasteiger partial charge in [-0.05, 0) is 39.8 Å². The Bertz CT molecular complexity index is 230. The Morgan fingerprint density at radius 1 is 1.62 bits per heavy atom. The van der Waals surface area contributed by atoms with E-state index in [1.165, 1.54) is 6.42 Å². The normalized spacial score (nSPS) is 24.1. The van der Waals surface area contributed by atoms with E-state index < -0.39 is 0 Å². The molecule has 0 spiro atoms. The molecule has 0 aromatic rings. The van der Waals surface area contributed by atoms with Crippen LogP contribution in [0, 0.1) is 0 Å². The minimum absolute atomic E-state index is 0.117. The third kappa shape index (κ3) is 4.10. The molecule has 0 aromatic heterocycles. The lowest BCUT2D eigenvalue weighted by molar-refractivity contribution is -0.133. The minimum Gasteiger partial charge on any atom is -0.341 e. The zero-order valence-electron chi connectivity index (χ0n) is 10.8. The van der Waals surface area contributed by atoms with Crippen LogP contribution in [0.5, 0.6) is 0 Å². The van der Waals surface area contributed by atoms with Crippen molar-refractivity contribution < 1.29 is 4.79 Å². The molecule has 0 aromatic carbocycles. The third-order valence-corrected chi connectivity index (χ3v) is 3.35. The maximum atomic E-state index is 11.9. The quantitative estimate of drug-likeness (QED) is 0.768. The summed E-state index contributed by atoms with van der Waals surface area (Å²) in [7, 11) is 4.04. The number of amides is 1.